The Morgan fingerprint density at radius 2 is 1.84 bits per heavy atom. The summed E-state index contributed by atoms with van der Waals surface area (Å²) in [5, 5.41) is 22.6. The third-order valence-corrected chi connectivity index (χ3v) is 5.85. The van der Waals surface area contributed by atoms with Crippen LogP contribution in [-0.4, -0.2) is 45.1 Å². The van der Waals surface area contributed by atoms with Crippen molar-refractivity contribution in [1.82, 2.24) is 15.2 Å². The molecule has 174 valence electrons. The molecule has 0 spiro atoms. The van der Waals surface area contributed by atoms with Crippen molar-refractivity contribution in [2.24, 2.45) is 5.73 Å². The number of anilines is 1. The first-order valence-corrected chi connectivity index (χ1v) is 11.0. The topological polar surface area (TPSA) is 106 Å². The Balaban J connectivity index is 0.00000363. The maximum atomic E-state index is 14.5. The molecular weight excluding hydrogens is 500 g/mol. The molecule has 0 saturated carbocycles. The molecule has 0 aliphatic carbocycles. The van der Waals surface area contributed by atoms with Crippen LogP contribution in [0.1, 0.15) is 20.8 Å². The van der Waals surface area contributed by atoms with E-state index < -0.39 is 18.0 Å². The number of aromatic nitrogens is 3. The van der Waals surface area contributed by atoms with Gasteiger partial charge in [0.1, 0.15) is 22.4 Å². The Morgan fingerprint density at radius 1 is 1.16 bits per heavy atom. The Kier molecular flexibility index (Phi) is 9.44. The van der Waals surface area contributed by atoms with Gasteiger partial charge < -0.3 is 20.9 Å². The van der Waals surface area contributed by atoms with Crippen molar-refractivity contribution in [1.29, 1.82) is 0 Å². The quantitative estimate of drug-likeness (QED) is 0.380. The molecule has 2 heterocycles. The van der Waals surface area contributed by atoms with Crippen LogP contribution in [0.3, 0.4) is 0 Å². The fourth-order valence-corrected chi connectivity index (χ4v) is 3.89. The van der Waals surface area contributed by atoms with Gasteiger partial charge in [-0.2, -0.15) is 0 Å². The number of halogens is 4. The minimum atomic E-state index is -0.782. The normalized spacial score (nSPS) is 12.9. The van der Waals surface area contributed by atoms with E-state index in [4.69, 9.17) is 33.7 Å². The summed E-state index contributed by atoms with van der Waals surface area (Å²) in [6, 6.07) is 3.87. The van der Waals surface area contributed by atoms with Crippen molar-refractivity contribution >= 4 is 52.8 Å². The van der Waals surface area contributed by atoms with Gasteiger partial charge in [-0.1, -0.05) is 34.5 Å². The van der Waals surface area contributed by atoms with Crippen molar-refractivity contribution < 1.29 is 14.2 Å². The zero-order chi connectivity index (χ0) is 22.7. The molecule has 0 amide bonds. The van der Waals surface area contributed by atoms with Crippen LogP contribution >= 0.6 is 46.9 Å². The summed E-state index contributed by atoms with van der Waals surface area (Å²) >= 11 is 13.9. The number of rotatable bonds is 8. The number of nitrogens with one attached hydrogen (secondary N) is 1. The van der Waals surface area contributed by atoms with Crippen LogP contribution in [-0.2, 0) is 0 Å². The van der Waals surface area contributed by atoms with E-state index in [9.17, 15) is 9.50 Å². The van der Waals surface area contributed by atoms with E-state index in [0.717, 1.165) is 0 Å². The number of nitrogens with zero attached hydrogens (tertiary/aromatic N) is 3. The predicted octanol–water partition coefficient (Wildman–Crippen LogP) is 5.04. The molecule has 0 saturated heterocycles. The molecule has 0 aliphatic heterocycles. The maximum Gasteiger partial charge on any atom is 0.165 e. The monoisotopic (exact) mass is 521 g/mol. The van der Waals surface area contributed by atoms with Gasteiger partial charge in [0.25, 0.3) is 0 Å². The molecule has 1 aromatic carbocycles. The number of benzene rings is 1. The lowest BCUT2D eigenvalue weighted by molar-refractivity contribution is 0.129. The molecule has 4 N–H and O–H groups in total. The number of ether oxygens (including phenoxy) is 1. The van der Waals surface area contributed by atoms with Gasteiger partial charge in [0.05, 0.1) is 22.2 Å². The Bertz CT molecular complexity index is 1070. The van der Waals surface area contributed by atoms with Gasteiger partial charge in [0, 0.05) is 29.4 Å². The summed E-state index contributed by atoms with van der Waals surface area (Å²) in [5.41, 5.74) is 6.78. The SMILES string of the molecule is CC(C)Nc1ncc(-c2nnc(-c3cc(F)c(OC[C@H](N)[C@@H](C)O)cc3Cl)s2)cc1Cl.Cl. The van der Waals surface area contributed by atoms with E-state index in [1.165, 1.54) is 30.4 Å². The Morgan fingerprint density at radius 3 is 2.47 bits per heavy atom. The van der Waals surface area contributed by atoms with Crippen molar-refractivity contribution in [3.8, 4) is 26.9 Å². The summed E-state index contributed by atoms with van der Waals surface area (Å²) in [5.74, 6) is -0.0947. The minimum Gasteiger partial charge on any atom is -0.489 e. The molecule has 3 aromatic rings. The number of pyridine rings is 1. The summed E-state index contributed by atoms with van der Waals surface area (Å²) in [6.45, 7) is 5.46. The predicted molar refractivity (Wildman–Crippen MR) is 130 cm³/mol. The van der Waals surface area contributed by atoms with Crippen molar-refractivity contribution in [3.05, 3.63) is 40.3 Å². The summed E-state index contributed by atoms with van der Waals surface area (Å²) in [6.07, 6.45) is 0.863. The van der Waals surface area contributed by atoms with Gasteiger partial charge in [-0.15, -0.1) is 22.6 Å². The van der Waals surface area contributed by atoms with Crippen molar-refractivity contribution in [3.63, 3.8) is 0 Å². The third-order valence-electron chi connectivity index (χ3n) is 4.24. The molecule has 0 aliphatic rings. The number of aliphatic hydroxyl groups excluding tert-OH is 1. The highest BCUT2D eigenvalue weighted by Crippen LogP contribution is 2.37. The van der Waals surface area contributed by atoms with Crippen LogP contribution in [0.2, 0.25) is 10.0 Å². The van der Waals surface area contributed by atoms with Gasteiger partial charge in [-0.25, -0.2) is 9.37 Å². The average molecular weight is 523 g/mol. The molecule has 0 unspecified atom stereocenters. The first-order chi connectivity index (χ1) is 14.7. The van der Waals surface area contributed by atoms with Crippen LogP contribution in [0.15, 0.2) is 24.4 Å². The van der Waals surface area contributed by atoms with Crippen LogP contribution in [0, 0.1) is 5.82 Å². The van der Waals surface area contributed by atoms with E-state index >= 15 is 0 Å². The molecule has 0 radical (unpaired) electrons. The van der Waals surface area contributed by atoms with Crippen LogP contribution < -0.4 is 15.8 Å². The molecule has 0 fully saturated rings. The molecule has 32 heavy (non-hydrogen) atoms. The number of aliphatic hydroxyl groups is 1. The smallest absolute Gasteiger partial charge is 0.165 e. The van der Waals surface area contributed by atoms with Crippen molar-refractivity contribution in [2.45, 2.75) is 39.0 Å². The van der Waals surface area contributed by atoms with Crippen LogP contribution in [0.5, 0.6) is 5.75 Å². The summed E-state index contributed by atoms with van der Waals surface area (Å²) in [4.78, 5) is 4.33. The van der Waals surface area contributed by atoms with Gasteiger partial charge in [0.15, 0.2) is 11.6 Å². The number of hydrogen-bond donors (Lipinski definition) is 3. The lowest BCUT2D eigenvalue weighted by Gasteiger charge is -2.16. The molecule has 2 atom stereocenters. The summed E-state index contributed by atoms with van der Waals surface area (Å²) in [7, 11) is 0. The maximum absolute atomic E-state index is 14.5. The number of nitrogens with two attached hydrogens (primary N) is 1. The minimum absolute atomic E-state index is 0. The highest BCUT2D eigenvalue weighted by molar-refractivity contribution is 7.18. The van der Waals surface area contributed by atoms with E-state index in [1.807, 2.05) is 13.8 Å². The number of hydrogen-bond acceptors (Lipinski definition) is 8. The second-order valence-corrected chi connectivity index (χ2v) is 9.04. The molecular formula is C20H23Cl3FN5O2S. The van der Waals surface area contributed by atoms with E-state index in [0.29, 0.717) is 32.0 Å². The van der Waals surface area contributed by atoms with E-state index in [2.05, 4.69) is 20.5 Å². The van der Waals surface area contributed by atoms with Gasteiger partial charge in [0.2, 0.25) is 0 Å². The molecule has 7 nitrogen and oxygen atoms in total. The Hall–Kier alpha value is -1.75. The largest absolute Gasteiger partial charge is 0.489 e. The second-order valence-electron chi connectivity index (χ2n) is 7.24. The zero-order valence-corrected chi connectivity index (χ0v) is 20.6. The fourth-order valence-electron chi connectivity index (χ4n) is 2.51. The lowest BCUT2D eigenvalue weighted by atomic mass is 10.2. The summed E-state index contributed by atoms with van der Waals surface area (Å²) < 4.78 is 19.9. The highest BCUT2D eigenvalue weighted by Gasteiger charge is 2.18. The molecule has 12 heteroatoms. The van der Waals surface area contributed by atoms with Gasteiger partial charge in [-0.3, -0.25) is 0 Å². The van der Waals surface area contributed by atoms with Gasteiger partial charge in [-0.05, 0) is 32.9 Å². The first kappa shape index (κ1) is 26.5. The second kappa shape index (κ2) is 11.4. The average Bonchev–Trinajstić information content (AvgIpc) is 3.19. The van der Waals surface area contributed by atoms with E-state index in [-0.39, 0.29) is 35.8 Å². The van der Waals surface area contributed by atoms with Crippen LogP contribution in [0.25, 0.3) is 21.1 Å². The standard InChI is InChI=1S/C20H22Cl2FN5O2S.ClH/c1-9(2)26-18-14(22)4-11(7-25-18)19-27-28-20(31-19)12-5-15(23)17(6-13(12)21)30-8-16(24)10(3)29;/h4-7,9-10,16,29H,8,24H2,1-3H3,(H,25,26);1H/t10-,16+;/m1./s1. The zero-order valence-electron chi connectivity index (χ0n) is 17.5. The molecule has 3 rings (SSSR count). The molecule has 2 aromatic heterocycles. The highest BCUT2D eigenvalue weighted by atomic mass is 35.5. The third kappa shape index (κ3) is 6.40. The molecule has 0 bridgehead atoms. The Labute approximate surface area is 205 Å². The van der Waals surface area contributed by atoms with Gasteiger partial charge >= 0.3 is 0 Å². The van der Waals surface area contributed by atoms with Crippen molar-refractivity contribution in [2.75, 3.05) is 11.9 Å². The first-order valence-electron chi connectivity index (χ1n) is 9.47. The lowest BCUT2D eigenvalue weighted by Crippen LogP contribution is -2.38. The van der Waals surface area contributed by atoms with E-state index in [1.54, 1.807) is 12.3 Å². The van der Waals surface area contributed by atoms with Crippen LogP contribution in [0.4, 0.5) is 10.2 Å². The fraction of sp³-hybridized carbons (Fsp3) is 0.350.